The van der Waals surface area contributed by atoms with Crippen molar-refractivity contribution >= 4 is 21.9 Å². The molecule has 10 nitrogen and oxygen atoms in total. The van der Waals surface area contributed by atoms with Gasteiger partial charge >= 0.3 is 5.97 Å². The molecule has 0 radical (unpaired) electrons. The molecule has 4 aromatic rings. The molecule has 0 atom stereocenters. The van der Waals surface area contributed by atoms with Crippen LogP contribution in [0.1, 0.15) is 5.56 Å². The summed E-state index contributed by atoms with van der Waals surface area (Å²) < 4.78 is 15.8. The smallest absolute Gasteiger partial charge is 0.327 e. The van der Waals surface area contributed by atoms with Gasteiger partial charge < -0.3 is 5.11 Å². The van der Waals surface area contributed by atoms with Crippen LogP contribution in [0.15, 0.2) is 47.2 Å². The van der Waals surface area contributed by atoms with E-state index in [1.807, 2.05) is 0 Å². The van der Waals surface area contributed by atoms with Crippen molar-refractivity contribution in [3.8, 4) is 22.8 Å². The molecule has 0 fully saturated rings. The zero-order valence-corrected chi connectivity index (χ0v) is 16.2. The molecular weight excluding hydrogens is 447 g/mol. The molecule has 0 amide bonds. The average molecular weight is 459 g/mol. The summed E-state index contributed by atoms with van der Waals surface area (Å²) >= 11 is 3.40. The quantitative estimate of drug-likeness (QED) is 0.465. The Morgan fingerprint density at radius 3 is 2.76 bits per heavy atom. The molecule has 0 saturated carbocycles. The molecule has 1 aromatic carbocycles. The number of carbonyl (C=O) groups is 1. The molecule has 0 saturated heterocycles. The van der Waals surface area contributed by atoms with Crippen LogP contribution in [0.3, 0.4) is 0 Å². The van der Waals surface area contributed by atoms with E-state index < -0.39 is 5.97 Å². The molecule has 3 heterocycles. The van der Waals surface area contributed by atoms with Gasteiger partial charge in [-0.25, -0.2) is 9.07 Å². The van der Waals surface area contributed by atoms with E-state index >= 15 is 0 Å². The highest BCUT2D eigenvalue weighted by atomic mass is 79.9. The van der Waals surface area contributed by atoms with E-state index in [0.717, 1.165) is 20.4 Å². The topological polar surface area (TPSA) is 124 Å². The molecule has 0 aliphatic heterocycles. The number of pyridine rings is 1. The lowest BCUT2D eigenvalue weighted by Gasteiger charge is -2.04. The van der Waals surface area contributed by atoms with E-state index in [1.54, 1.807) is 35.3 Å². The molecule has 0 unspecified atom stereocenters. The fraction of sp³-hybridized carbons (Fsp3) is 0.118. The van der Waals surface area contributed by atoms with Crippen molar-refractivity contribution in [2.45, 2.75) is 13.1 Å². The third-order valence-electron chi connectivity index (χ3n) is 3.90. The number of rotatable bonds is 6. The van der Waals surface area contributed by atoms with Gasteiger partial charge in [-0.2, -0.15) is 4.80 Å². The monoisotopic (exact) mass is 458 g/mol. The second-order valence-corrected chi connectivity index (χ2v) is 6.86. The first-order valence-corrected chi connectivity index (χ1v) is 9.08. The third kappa shape index (κ3) is 4.32. The number of aromatic nitrogens is 8. The van der Waals surface area contributed by atoms with Gasteiger partial charge in [0.05, 0.1) is 12.7 Å². The summed E-state index contributed by atoms with van der Waals surface area (Å²) in [5, 5.41) is 28.4. The number of nitrogens with zero attached hydrogens (tertiary/aromatic N) is 8. The Morgan fingerprint density at radius 1 is 1.14 bits per heavy atom. The summed E-state index contributed by atoms with van der Waals surface area (Å²) in [6.45, 7) is -0.0247. The molecule has 0 spiro atoms. The Hall–Kier alpha value is -3.54. The predicted octanol–water partition coefficient (Wildman–Crippen LogP) is 2.03. The molecule has 0 bridgehead atoms. The van der Waals surface area contributed by atoms with Crippen molar-refractivity contribution in [1.82, 2.24) is 40.2 Å². The van der Waals surface area contributed by atoms with E-state index in [0.29, 0.717) is 17.9 Å². The highest BCUT2D eigenvalue weighted by Crippen LogP contribution is 2.21. The van der Waals surface area contributed by atoms with Crippen LogP contribution in [-0.4, -0.2) is 51.3 Å². The second kappa shape index (κ2) is 7.83. The minimum absolute atomic E-state index is 0.220. The fourth-order valence-electron chi connectivity index (χ4n) is 2.56. The maximum absolute atomic E-state index is 13.4. The van der Waals surface area contributed by atoms with Crippen molar-refractivity contribution in [1.29, 1.82) is 0 Å². The van der Waals surface area contributed by atoms with Crippen molar-refractivity contribution in [3.05, 3.63) is 58.6 Å². The Balaban J connectivity index is 1.50. The molecule has 4 rings (SSSR count). The van der Waals surface area contributed by atoms with Gasteiger partial charge in [0.15, 0.2) is 6.54 Å². The molecule has 0 aliphatic rings. The Kier molecular flexibility index (Phi) is 5.08. The summed E-state index contributed by atoms with van der Waals surface area (Å²) in [6.07, 6.45) is 3.31. The van der Waals surface area contributed by atoms with Crippen molar-refractivity contribution in [3.63, 3.8) is 0 Å². The second-order valence-electron chi connectivity index (χ2n) is 6.01. The Labute approximate surface area is 171 Å². The number of benzene rings is 1. The molecule has 3 aromatic heterocycles. The number of carboxylic acids is 1. The maximum atomic E-state index is 13.4. The lowest BCUT2D eigenvalue weighted by molar-refractivity contribution is -0.138. The van der Waals surface area contributed by atoms with Gasteiger partial charge in [0.25, 0.3) is 0 Å². The van der Waals surface area contributed by atoms with Crippen LogP contribution in [0, 0.1) is 5.82 Å². The highest BCUT2D eigenvalue weighted by Gasteiger charge is 2.11. The number of hydrogen-bond donors (Lipinski definition) is 1. The van der Waals surface area contributed by atoms with E-state index in [9.17, 15) is 9.18 Å². The minimum atomic E-state index is -1.06. The van der Waals surface area contributed by atoms with Gasteiger partial charge in [0, 0.05) is 16.2 Å². The van der Waals surface area contributed by atoms with Gasteiger partial charge in [0.2, 0.25) is 5.82 Å². The van der Waals surface area contributed by atoms with Crippen LogP contribution >= 0.6 is 15.9 Å². The molecule has 12 heteroatoms. The fourth-order valence-corrected chi connectivity index (χ4v) is 2.93. The lowest BCUT2D eigenvalue weighted by atomic mass is 10.2. The Bertz CT molecular complexity index is 1170. The van der Waals surface area contributed by atoms with Crippen molar-refractivity contribution in [2.75, 3.05) is 0 Å². The van der Waals surface area contributed by atoms with Crippen molar-refractivity contribution < 1.29 is 14.3 Å². The number of tetrazole rings is 1. The van der Waals surface area contributed by atoms with Crippen LogP contribution < -0.4 is 0 Å². The average Bonchev–Trinajstić information content (AvgIpc) is 3.34. The van der Waals surface area contributed by atoms with Crippen LogP contribution in [0.5, 0.6) is 0 Å². The summed E-state index contributed by atoms with van der Waals surface area (Å²) in [4.78, 5) is 15.9. The highest BCUT2D eigenvalue weighted by molar-refractivity contribution is 9.10. The first-order valence-electron chi connectivity index (χ1n) is 8.28. The number of hydrogen-bond acceptors (Lipinski definition) is 7. The standard InChI is InChI=1S/C17H12BrFN8O2/c18-13-3-2-12(19)5-11(13)7-26-8-15(21-24-26)10-1-4-14(20-6-10)17-22-25-27(23-17)9-16(28)29/h1-6,8H,7,9H2,(H,28,29). The summed E-state index contributed by atoms with van der Waals surface area (Å²) in [7, 11) is 0. The number of halogens is 2. The summed E-state index contributed by atoms with van der Waals surface area (Å²) in [5.74, 6) is -1.17. The summed E-state index contributed by atoms with van der Waals surface area (Å²) in [6, 6.07) is 7.91. The zero-order valence-electron chi connectivity index (χ0n) is 14.6. The largest absolute Gasteiger partial charge is 0.480 e. The van der Waals surface area contributed by atoms with Gasteiger partial charge in [-0.3, -0.25) is 9.78 Å². The van der Waals surface area contributed by atoms with Crippen LogP contribution in [-0.2, 0) is 17.9 Å². The predicted molar refractivity (Wildman–Crippen MR) is 101 cm³/mol. The molecule has 1 N–H and O–H groups in total. The van der Waals surface area contributed by atoms with Gasteiger partial charge in [-0.05, 0) is 41.1 Å². The van der Waals surface area contributed by atoms with E-state index in [1.165, 1.54) is 12.1 Å². The van der Waals surface area contributed by atoms with Crippen molar-refractivity contribution in [2.24, 2.45) is 0 Å². The molecule has 29 heavy (non-hydrogen) atoms. The van der Waals surface area contributed by atoms with Gasteiger partial charge in [-0.1, -0.05) is 21.1 Å². The molecular formula is C17H12BrFN8O2. The number of carboxylic acid groups (broad SMARTS) is 1. The first-order chi connectivity index (χ1) is 14.0. The van der Waals surface area contributed by atoms with Gasteiger partial charge in [0.1, 0.15) is 17.2 Å². The summed E-state index contributed by atoms with van der Waals surface area (Å²) in [5.41, 5.74) is 2.50. The number of aliphatic carboxylic acids is 1. The van der Waals surface area contributed by atoms with Gasteiger partial charge in [-0.15, -0.1) is 15.3 Å². The molecule has 146 valence electrons. The SMILES string of the molecule is O=C(O)Cn1nnc(-c2ccc(-c3cn(Cc4cc(F)ccc4Br)nn3)cn2)n1. The van der Waals surface area contributed by atoms with Crippen LogP contribution in [0.2, 0.25) is 0 Å². The van der Waals surface area contributed by atoms with E-state index in [4.69, 9.17) is 5.11 Å². The van der Waals surface area contributed by atoms with E-state index in [-0.39, 0.29) is 18.2 Å². The zero-order chi connectivity index (χ0) is 20.4. The minimum Gasteiger partial charge on any atom is -0.480 e. The third-order valence-corrected chi connectivity index (χ3v) is 4.67. The van der Waals surface area contributed by atoms with E-state index in [2.05, 4.69) is 46.6 Å². The lowest BCUT2D eigenvalue weighted by Crippen LogP contribution is -2.11. The Morgan fingerprint density at radius 2 is 2.00 bits per heavy atom. The maximum Gasteiger partial charge on any atom is 0.327 e. The first kappa shape index (κ1) is 18.8. The molecule has 0 aliphatic carbocycles. The van der Waals surface area contributed by atoms with Crippen LogP contribution in [0.4, 0.5) is 4.39 Å². The normalized spacial score (nSPS) is 11.0. The van der Waals surface area contributed by atoms with Crippen LogP contribution in [0.25, 0.3) is 22.8 Å².